The molecule has 0 aliphatic rings. The zero-order valence-electron chi connectivity index (χ0n) is 12.8. The molecule has 0 saturated carbocycles. The standard InChI is InChI=1S/C14H15F5N4O/c1-13(2,20)7-23-9(6-10(21-23)14(17,18)19)8-3-4-22(12(15)16)11(24)5-8/h3-6,12H,7,20H2,1-2H3. The van der Waals surface area contributed by atoms with Gasteiger partial charge in [-0.25, -0.2) is 0 Å². The first-order chi connectivity index (χ1) is 10.9. The molecular formula is C14H15F5N4O. The molecule has 0 aliphatic carbocycles. The molecule has 0 amide bonds. The third-order valence-electron chi connectivity index (χ3n) is 3.08. The Morgan fingerprint density at radius 1 is 1.25 bits per heavy atom. The number of rotatable bonds is 4. The fourth-order valence-corrected chi connectivity index (χ4v) is 2.10. The Bertz CT molecular complexity index is 786. The summed E-state index contributed by atoms with van der Waals surface area (Å²) in [5.74, 6) is 0. The number of hydrogen-bond donors (Lipinski definition) is 1. The second kappa shape index (κ2) is 6.00. The molecule has 2 N–H and O–H groups in total. The van der Waals surface area contributed by atoms with Gasteiger partial charge < -0.3 is 5.73 Å². The van der Waals surface area contributed by atoms with Crippen LogP contribution in [0.5, 0.6) is 0 Å². The molecule has 0 aromatic carbocycles. The van der Waals surface area contributed by atoms with Crippen LogP contribution >= 0.6 is 0 Å². The number of nitrogens with two attached hydrogens (primary N) is 1. The van der Waals surface area contributed by atoms with Gasteiger partial charge in [0.2, 0.25) is 0 Å². The Labute approximate surface area is 133 Å². The number of hydrogen-bond acceptors (Lipinski definition) is 3. The molecule has 10 heteroatoms. The fourth-order valence-electron chi connectivity index (χ4n) is 2.10. The summed E-state index contributed by atoms with van der Waals surface area (Å²) in [5, 5.41) is 3.49. The predicted molar refractivity (Wildman–Crippen MR) is 76.4 cm³/mol. The molecule has 0 bridgehead atoms. The second-order valence-corrected chi connectivity index (χ2v) is 6.00. The van der Waals surface area contributed by atoms with Gasteiger partial charge in [-0.2, -0.15) is 27.1 Å². The first kappa shape index (κ1) is 18.1. The molecule has 2 aromatic rings. The topological polar surface area (TPSA) is 65.8 Å². The van der Waals surface area contributed by atoms with Gasteiger partial charge in [0.1, 0.15) is 0 Å². The van der Waals surface area contributed by atoms with Gasteiger partial charge in [0, 0.05) is 23.4 Å². The smallest absolute Gasteiger partial charge is 0.324 e. The largest absolute Gasteiger partial charge is 0.435 e. The molecule has 2 aromatic heterocycles. The number of nitrogens with zero attached hydrogens (tertiary/aromatic N) is 3. The highest BCUT2D eigenvalue weighted by Gasteiger charge is 2.35. The van der Waals surface area contributed by atoms with Crippen molar-refractivity contribution in [3.63, 3.8) is 0 Å². The van der Waals surface area contributed by atoms with E-state index in [2.05, 4.69) is 5.10 Å². The van der Waals surface area contributed by atoms with Crippen LogP contribution in [0.3, 0.4) is 0 Å². The Balaban J connectivity index is 2.58. The molecule has 0 radical (unpaired) electrons. The van der Waals surface area contributed by atoms with Gasteiger partial charge in [-0.15, -0.1) is 0 Å². The maximum atomic E-state index is 12.9. The van der Waals surface area contributed by atoms with Crippen LogP contribution in [-0.2, 0) is 12.7 Å². The lowest BCUT2D eigenvalue weighted by Crippen LogP contribution is -2.37. The summed E-state index contributed by atoms with van der Waals surface area (Å²) in [5.41, 5.74) is 2.78. The first-order valence-electron chi connectivity index (χ1n) is 6.83. The SMILES string of the molecule is CC(C)(N)Cn1nc(C(F)(F)F)cc1-c1ccn(C(F)F)c(=O)c1. The Morgan fingerprint density at radius 2 is 1.88 bits per heavy atom. The van der Waals surface area contributed by atoms with E-state index in [9.17, 15) is 26.7 Å². The number of aromatic nitrogens is 3. The average Bonchev–Trinajstić information content (AvgIpc) is 2.79. The molecule has 0 fully saturated rings. The molecule has 5 nitrogen and oxygen atoms in total. The first-order valence-corrected chi connectivity index (χ1v) is 6.83. The molecule has 2 heterocycles. The molecule has 0 aliphatic heterocycles. The monoisotopic (exact) mass is 350 g/mol. The summed E-state index contributed by atoms with van der Waals surface area (Å²) in [6.07, 6.45) is -3.86. The van der Waals surface area contributed by atoms with Crippen molar-refractivity contribution in [3.8, 4) is 11.3 Å². The van der Waals surface area contributed by atoms with E-state index < -0.39 is 29.5 Å². The highest BCUT2D eigenvalue weighted by molar-refractivity contribution is 5.59. The Hall–Kier alpha value is -2.23. The quantitative estimate of drug-likeness (QED) is 0.863. The molecular weight excluding hydrogens is 335 g/mol. The zero-order valence-corrected chi connectivity index (χ0v) is 12.8. The third-order valence-corrected chi connectivity index (χ3v) is 3.08. The van der Waals surface area contributed by atoms with Crippen molar-refractivity contribution in [2.45, 2.75) is 38.7 Å². The van der Waals surface area contributed by atoms with Crippen LogP contribution in [0.4, 0.5) is 22.0 Å². The fraction of sp³-hybridized carbons (Fsp3) is 0.429. The van der Waals surface area contributed by atoms with E-state index in [1.807, 2.05) is 0 Å². The van der Waals surface area contributed by atoms with Crippen molar-refractivity contribution in [2.75, 3.05) is 0 Å². The lowest BCUT2D eigenvalue weighted by molar-refractivity contribution is -0.141. The molecule has 0 unspecified atom stereocenters. The van der Waals surface area contributed by atoms with Crippen LogP contribution in [0.2, 0.25) is 0 Å². The van der Waals surface area contributed by atoms with Gasteiger partial charge in [0.25, 0.3) is 5.56 Å². The van der Waals surface area contributed by atoms with Crippen LogP contribution in [0.1, 0.15) is 26.1 Å². The van der Waals surface area contributed by atoms with E-state index in [4.69, 9.17) is 5.73 Å². The second-order valence-electron chi connectivity index (χ2n) is 6.00. The summed E-state index contributed by atoms with van der Waals surface area (Å²) in [4.78, 5) is 11.7. The van der Waals surface area contributed by atoms with Gasteiger partial charge in [0.05, 0.1) is 12.2 Å². The Kier molecular flexibility index (Phi) is 4.53. The predicted octanol–water partition coefficient (Wildman–Crippen LogP) is 2.86. The van der Waals surface area contributed by atoms with Crippen LogP contribution in [0, 0.1) is 0 Å². The molecule has 2 rings (SSSR count). The molecule has 0 saturated heterocycles. The molecule has 0 spiro atoms. The van der Waals surface area contributed by atoms with E-state index in [-0.39, 0.29) is 22.4 Å². The summed E-state index contributed by atoms with van der Waals surface area (Å²) >= 11 is 0. The lowest BCUT2D eigenvalue weighted by Gasteiger charge is -2.20. The van der Waals surface area contributed by atoms with Crippen LogP contribution < -0.4 is 11.3 Å². The van der Waals surface area contributed by atoms with Crippen molar-refractivity contribution in [3.05, 3.63) is 40.4 Å². The Morgan fingerprint density at radius 3 is 2.33 bits per heavy atom. The van der Waals surface area contributed by atoms with E-state index in [1.54, 1.807) is 13.8 Å². The van der Waals surface area contributed by atoms with E-state index in [1.165, 1.54) is 0 Å². The third kappa shape index (κ3) is 3.99. The molecule has 0 atom stereocenters. The van der Waals surface area contributed by atoms with Gasteiger partial charge in [-0.05, 0) is 26.0 Å². The summed E-state index contributed by atoms with van der Waals surface area (Å²) in [6, 6.07) is 2.72. The highest BCUT2D eigenvalue weighted by atomic mass is 19.4. The maximum Gasteiger partial charge on any atom is 0.435 e. The van der Waals surface area contributed by atoms with Crippen molar-refractivity contribution in [1.29, 1.82) is 0 Å². The summed E-state index contributed by atoms with van der Waals surface area (Å²) in [6.45, 7) is 0.0994. The summed E-state index contributed by atoms with van der Waals surface area (Å²) < 4.78 is 65.1. The molecule has 24 heavy (non-hydrogen) atoms. The van der Waals surface area contributed by atoms with E-state index >= 15 is 0 Å². The van der Waals surface area contributed by atoms with Gasteiger partial charge in [0.15, 0.2) is 5.69 Å². The average molecular weight is 350 g/mol. The van der Waals surface area contributed by atoms with Crippen molar-refractivity contribution >= 4 is 0 Å². The van der Waals surface area contributed by atoms with Crippen LogP contribution in [-0.4, -0.2) is 19.9 Å². The van der Waals surface area contributed by atoms with Gasteiger partial charge in [-0.3, -0.25) is 14.0 Å². The number of alkyl halides is 5. The van der Waals surface area contributed by atoms with E-state index in [0.717, 1.165) is 29.1 Å². The normalized spacial score (nSPS) is 12.9. The van der Waals surface area contributed by atoms with Crippen molar-refractivity contribution in [2.24, 2.45) is 5.73 Å². The van der Waals surface area contributed by atoms with Crippen LogP contribution in [0.25, 0.3) is 11.3 Å². The minimum Gasteiger partial charge on any atom is -0.324 e. The number of pyridine rings is 1. The van der Waals surface area contributed by atoms with Crippen molar-refractivity contribution in [1.82, 2.24) is 14.3 Å². The van der Waals surface area contributed by atoms with Gasteiger partial charge in [-0.1, -0.05) is 0 Å². The minimum absolute atomic E-state index is 0.0284. The van der Waals surface area contributed by atoms with Crippen molar-refractivity contribution < 1.29 is 22.0 Å². The van der Waals surface area contributed by atoms with Crippen LogP contribution in [0.15, 0.2) is 29.2 Å². The van der Waals surface area contributed by atoms with E-state index in [0.29, 0.717) is 0 Å². The zero-order chi connectivity index (χ0) is 18.3. The number of halogens is 5. The minimum atomic E-state index is -4.68. The molecule has 132 valence electrons. The highest BCUT2D eigenvalue weighted by Crippen LogP contribution is 2.32. The maximum absolute atomic E-state index is 12.9. The lowest BCUT2D eigenvalue weighted by atomic mass is 10.1. The summed E-state index contributed by atoms with van der Waals surface area (Å²) in [7, 11) is 0. The van der Waals surface area contributed by atoms with Gasteiger partial charge >= 0.3 is 12.7 Å².